The third kappa shape index (κ3) is 6.43. The van der Waals surface area contributed by atoms with Crippen LogP contribution < -0.4 is 10.4 Å². The number of aliphatic hydroxyl groups is 2. The monoisotopic (exact) mass is 639 g/mol. The maximum absolute atomic E-state index is 13.0. The van der Waals surface area contributed by atoms with Crippen molar-refractivity contribution < 1.29 is 34.2 Å². The molecule has 1 unspecified atom stereocenters. The Morgan fingerprint density at radius 3 is 2.45 bits per heavy atom. The molecule has 0 radical (unpaired) electrons. The van der Waals surface area contributed by atoms with Gasteiger partial charge in [0.1, 0.15) is 18.3 Å². The zero-order valence-electron chi connectivity index (χ0n) is 26.3. The molecule has 4 atom stereocenters. The molecule has 3 saturated heterocycles. The lowest BCUT2D eigenvalue weighted by Crippen LogP contribution is -2.51. The van der Waals surface area contributed by atoms with Crippen LogP contribution in [-0.2, 0) is 18.8 Å². The Morgan fingerprint density at radius 2 is 1.72 bits per heavy atom. The zero-order chi connectivity index (χ0) is 32.7. The quantitative estimate of drug-likeness (QED) is 0.175. The summed E-state index contributed by atoms with van der Waals surface area (Å²) in [5, 5.41) is 32.4. The summed E-state index contributed by atoms with van der Waals surface area (Å²) in [5.41, 5.74) is 4.63. The van der Waals surface area contributed by atoms with Crippen LogP contribution in [0.5, 0.6) is 5.88 Å². The van der Waals surface area contributed by atoms with E-state index in [4.69, 9.17) is 19.0 Å². The highest BCUT2D eigenvalue weighted by Crippen LogP contribution is 2.33. The number of piperazine rings is 1. The minimum atomic E-state index is -1.19. The summed E-state index contributed by atoms with van der Waals surface area (Å²) in [6, 6.07) is 22.6. The van der Waals surface area contributed by atoms with Gasteiger partial charge in [0.05, 0.1) is 30.1 Å². The SMILES string of the molecule is CN1CCN(CC(=O)N(C)c2ccc(N=C(c3ccccc3)c3c(O)[nH]c4cc(B5O[C@H]6[C@H](O)COC(O)[C@@H]6O5)ccc34)cc2)CC1. The number of likely N-dealkylation sites (N-methyl/N-ethyl adjacent to an activating group) is 2. The number of rotatable bonds is 7. The molecule has 7 rings (SSSR count). The first kappa shape index (κ1) is 31.5. The lowest BCUT2D eigenvalue weighted by atomic mass is 9.79. The molecule has 3 aliphatic rings. The van der Waals surface area contributed by atoms with E-state index in [1.165, 1.54) is 0 Å². The summed E-state index contributed by atoms with van der Waals surface area (Å²) in [6.07, 6.45) is -3.64. The third-order valence-corrected chi connectivity index (χ3v) is 9.15. The van der Waals surface area contributed by atoms with Crippen LogP contribution in [0.3, 0.4) is 0 Å². The average molecular weight is 640 g/mol. The number of hydrogen-bond acceptors (Lipinski definition) is 10. The molecule has 13 heteroatoms. The third-order valence-electron chi connectivity index (χ3n) is 9.15. The van der Waals surface area contributed by atoms with Gasteiger partial charge in [-0.15, -0.1) is 0 Å². The van der Waals surface area contributed by atoms with Gasteiger partial charge in [0, 0.05) is 55.4 Å². The van der Waals surface area contributed by atoms with Crippen LogP contribution in [0.15, 0.2) is 77.8 Å². The Kier molecular flexibility index (Phi) is 8.86. The number of benzene rings is 3. The highest BCUT2D eigenvalue weighted by atomic mass is 16.7. The molecule has 0 spiro atoms. The Hall–Kier alpha value is -4.08. The molecule has 0 bridgehead atoms. The number of ether oxygens (including phenoxy) is 1. The minimum Gasteiger partial charge on any atom is -0.494 e. The number of carbonyl (C=O) groups is 1. The number of hydrogen-bond donors (Lipinski definition) is 4. The number of carbonyl (C=O) groups excluding carboxylic acids is 1. The van der Waals surface area contributed by atoms with E-state index in [0.29, 0.717) is 34.5 Å². The molecule has 4 heterocycles. The van der Waals surface area contributed by atoms with Gasteiger partial charge in [-0.05, 0) is 42.8 Å². The molecule has 0 aliphatic carbocycles. The molecule has 4 N–H and O–H groups in total. The van der Waals surface area contributed by atoms with Crippen molar-refractivity contribution in [2.24, 2.45) is 4.99 Å². The molecule has 3 aromatic carbocycles. The number of aromatic amines is 1. The van der Waals surface area contributed by atoms with Gasteiger partial charge in [-0.25, -0.2) is 4.99 Å². The number of aliphatic imine (C=N–C) groups is 1. The zero-order valence-corrected chi connectivity index (χ0v) is 26.3. The van der Waals surface area contributed by atoms with Gasteiger partial charge >= 0.3 is 7.12 Å². The molecule has 0 saturated carbocycles. The van der Waals surface area contributed by atoms with Crippen molar-refractivity contribution in [3.63, 3.8) is 0 Å². The van der Waals surface area contributed by atoms with Crippen molar-refractivity contribution in [3.8, 4) is 5.88 Å². The maximum Gasteiger partial charge on any atom is 0.494 e. The van der Waals surface area contributed by atoms with Crippen molar-refractivity contribution in [1.82, 2.24) is 14.8 Å². The van der Waals surface area contributed by atoms with E-state index < -0.39 is 31.7 Å². The predicted octanol–water partition coefficient (Wildman–Crippen LogP) is 1.44. The molecule has 12 nitrogen and oxygen atoms in total. The topological polar surface area (TPSA) is 143 Å². The smallest absolute Gasteiger partial charge is 0.494 e. The second-order valence-corrected chi connectivity index (χ2v) is 12.4. The van der Waals surface area contributed by atoms with Crippen molar-refractivity contribution in [2.45, 2.75) is 24.6 Å². The van der Waals surface area contributed by atoms with Crippen LogP contribution in [0.25, 0.3) is 10.9 Å². The summed E-state index contributed by atoms with van der Waals surface area (Å²) < 4.78 is 17.1. The number of H-pyrrole nitrogens is 1. The standard InChI is InChI=1S/C34H38BN5O7/c1-38-14-16-40(17-15-38)19-28(42)39(2)24-11-9-23(10-12-24)36-30(21-6-4-3-5-7-21)29-25-13-8-22(18-26(25)37-33(29)43)35-46-31-27(41)20-45-34(44)32(31)47-35/h3-13,18,27,31-32,34,37,41,43-44H,14-17,19-20H2,1-2H3/t27-,31+,32-,34?/m1/s1. The fourth-order valence-electron chi connectivity index (χ4n) is 6.33. The number of aromatic nitrogens is 1. The van der Waals surface area contributed by atoms with Gasteiger partial charge in [-0.1, -0.05) is 42.5 Å². The summed E-state index contributed by atoms with van der Waals surface area (Å²) in [5.74, 6) is -0.0153. The van der Waals surface area contributed by atoms with Gasteiger partial charge in [0.15, 0.2) is 12.2 Å². The molecule has 1 aromatic heterocycles. The fraction of sp³-hybridized carbons (Fsp3) is 0.353. The first-order chi connectivity index (χ1) is 22.7. The van der Waals surface area contributed by atoms with Gasteiger partial charge in [-0.2, -0.15) is 0 Å². The van der Waals surface area contributed by atoms with Crippen LogP contribution in [0.2, 0.25) is 0 Å². The van der Waals surface area contributed by atoms with Crippen molar-refractivity contribution in [2.75, 3.05) is 58.3 Å². The number of aliphatic hydroxyl groups excluding tert-OH is 2. The summed E-state index contributed by atoms with van der Waals surface area (Å²) in [6.45, 7) is 4.00. The molecule has 244 valence electrons. The molecule has 4 aromatic rings. The number of nitrogens with one attached hydrogen (secondary N) is 1. The summed E-state index contributed by atoms with van der Waals surface area (Å²) >= 11 is 0. The van der Waals surface area contributed by atoms with Crippen molar-refractivity contribution in [1.29, 1.82) is 0 Å². The Bertz CT molecular complexity index is 1740. The first-order valence-corrected chi connectivity index (χ1v) is 15.8. The first-order valence-electron chi connectivity index (χ1n) is 15.8. The molecule has 1 amide bonds. The van der Waals surface area contributed by atoms with Gasteiger partial charge in [0.2, 0.25) is 5.91 Å². The Balaban J connectivity index is 1.15. The van der Waals surface area contributed by atoms with E-state index >= 15 is 0 Å². The van der Waals surface area contributed by atoms with Gasteiger partial charge in [-0.3, -0.25) is 9.69 Å². The molecular formula is C34H38BN5O7. The van der Waals surface area contributed by atoms with Crippen LogP contribution in [-0.4, -0.2) is 127 Å². The molecule has 3 fully saturated rings. The van der Waals surface area contributed by atoms with Crippen LogP contribution in [0, 0.1) is 0 Å². The number of nitrogens with zero attached hydrogens (tertiary/aromatic N) is 4. The highest BCUT2D eigenvalue weighted by molar-refractivity contribution is 6.62. The van der Waals surface area contributed by atoms with Crippen molar-refractivity contribution in [3.05, 3.63) is 83.9 Å². The minimum absolute atomic E-state index is 0.0340. The lowest BCUT2D eigenvalue weighted by molar-refractivity contribution is -0.221. The highest BCUT2D eigenvalue weighted by Gasteiger charge is 2.50. The molecule has 3 aliphatic heterocycles. The van der Waals surface area contributed by atoms with Crippen LogP contribution in [0.1, 0.15) is 11.1 Å². The molecule has 47 heavy (non-hydrogen) atoms. The van der Waals surface area contributed by atoms with Crippen molar-refractivity contribution >= 4 is 46.5 Å². The number of aromatic hydroxyl groups is 1. The maximum atomic E-state index is 13.0. The van der Waals surface area contributed by atoms with Gasteiger partial charge < -0.3 is 44.1 Å². The predicted molar refractivity (Wildman–Crippen MR) is 179 cm³/mol. The summed E-state index contributed by atoms with van der Waals surface area (Å²) in [7, 11) is 3.05. The summed E-state index contributed by atoms with van der Waals surface area (Å²) in [4.78, 5) is 27.2. The van der Waals surface area contributed by atoms with E-state index in [1.807, 2.05) is 72.8 Å². The van der Waals surface area contributed by atoms with Crippen LogP contribution in [0.4, 0.5) is 11.4 Å². The normalized spacial score (nSPS) is 24.1. The van der Waals surface area contributed by atoms with E-state index in [9.17, 15) is 20.1 Å². The lowest BCUT2D eigenvalue weighted by Gasteiger charge is -2.32. The number of amides is 1. The van der Waals surface area contributed by atoms with Crippen LogP contribution >= 0.6 is 0 Å². The second kappa shape index (κ2) is 13.2. The van der Waals surface area contributed by atoms with E-state index in [0.717, 1.165) is 42.8 Å². The van der Waals surface area contributed by atoms with Gasteiger partial charge in [0.25, 0.3) is 0 Å². The number of fused-ring (bicyclic) bond motifs is 2. The Labute approximate surface area is 272 Å². The average Bonchev–Trinajstić information content (AvgIpc) is 3.68. The fourth-order valence-corrected chi connectivity index (χ4v) is 6.33. The van der Waals surface area contributed by atoms with E-state index in [-0.39, 0.29) is 18.4 Å². The van der Waals surface area contributed by atoms with E-state index in [2.05, 4.69) is 21.8 Å². The second-order valence-electron chi connectivity index (χ2n) is 12.4. The number of anilines is 1. The van der Waals surface area contributed by atoms with E-state index in [1.54, 1.807) is 11.9 Å². The Morgan fingerprint density at radius 1 is 1.00 bits per heavy atom. The largest absolute Gasteiger partial charge is 0.494 e. The molecular weight excluding hydrogens is 601 g/mol.